The summed E-state index contributed by atoms with van der Waals surface area (Å²) in [6, 6.07) is 72.1. The first kappa shape index (κ1) is 30.4. The van der Waals surface area contributed by atoms with Crippen molar-refractivity contribution in [3.63, 3.8) is 0 Å². The van der Waals surface area contributed by atoms with Crippen molar-refractivity contribution < 1.29 is 0 Å². The third-order valence-corrected chi connectivity index (χ3v) is 10.9. The fraction of sp³-hybridized carbons (Fsp3) is 0. The number of benzene rings is 9. The lowest BCUT2D eigenvalue weighted by molar-refractivity contribution is 1.10. The lowest BCUT2D eigenvalue weighted by atomic mass is 9.86. The van der Waals surface area contributed by atoms with Crippen LogP contribution in [0.15, 0.2) is 200 Å². The van der Waals surface area contributed by atoms with Crippen molar-refractivity contribution in [1.82, 2.24) is 14.1 Å². The van der Waals surface area contributed by atoms with Gasteiger partial charge in [-0.25, -0.2) is 4.98 Å². The zero-order chi connectivity index (χ0) is 35.6. The average Bonchev–Trinajstić information content (AvgIpc) is 3.80. The molecular formula is C51H33N3. The molecule has 0 aliphatic heterocycles. The van der Waals surface area contributed by atoms with E-state index in [1.807, 2.05) is 0 Å². The molecule has 3 heteroatoms. The molecule has 0 aliphatic carbocycles. The molecule has 0 unspecified atom stereocenters. The summed E-state index contributed by atoms with van der Waals surface area (Å²) in [6.45, 7) is 0. The Morgan fingerprint density at radius 1 is 0.278 bits per heavy atom. The highest BCUT2D eigenvalue weighted by atomic mass is 15.1. The number of rotatable bonds is 5. The lowest BCUT2D eigenvalue weighted by Gasteiger charge is -2.18. The van der Waals surface area contributed by atoms with Gasteiger partial charge in [0.1, 0.15) is 5.82 Å². The van der Waals surface area contributed by atoms with E-state index < -0.39 is 0 Å². The van der Waals surface area contributed by atoms with Crippen LogP contribution >= 0.6 is 0 Å². The SMILES string of the molecule is c1ccc(-n2c(-c3ccc(-c4c5ccccc5c(-c5ccc(-n6c7ccccc7c7ccccc76)cc5)c5ccccc45)cc3)nc3ccccc32)cc1. The van der Waals surface area contributed by atoms with E-state index in [-0.39, 0.29) is 0 Å². The highest BCUT2D eigenvalue weighted by molar-refractivity contribution is 6.21. The first-order chi connectivity index (χ1) is 26.8. The minimum atomic E-state index is 0.934. The zero-order valence-electron chi connectivity index (χ0n) is 29.4. The lowest BCUT2D eigenvalue weighted by Crippen LogP contribution is -1.97. The minimum absolute atomic E-state index is 0.934. The van der Waals surface area contributed by atoms with E-state index in [2.05, 4.69) is 209 Å². The maximum atomic E-state index is 5.12. The van der Waals surface area contributed by atoms with Gasteiger partial charge in [0, 0.05) is 27.7 Å². The van der Waals surface area contributed by atoms with Crippen molar-refractivity contribution in [2.45, 2.75) is 0 Å². The Bertz CT molecular complexity index is 3080. The Labute approximate surface area is 312 Å². The van der Waals surface area contributed by atoms with E-state index in [9.17, 15) is 0 Å². The normalized spacial score (nSPS) is 11.7. The number of fused-ring (bicyclic) bond motifs is 6. The van der Waals surface area contributed by atoms with Gasteiger partial charge < -0.3 is 4.57 Å². The van der Waals surface area contributed by atoms with Crippen LogP contribution in [0.2, 0.25) is 0 Å². The summed E-state index contributed by atoms with van der Waals surface area (Å²) < 4.78 is 4.64. The van der Waals surface area contributed by atoms with Gasteiger partial charge >= 0.3 is 0 Å². The molecule has 2 aromatic heterocycles. The van der Waals surface area contributed by atoms with Gasteiger partial charge in [-0.1, -0.05) is 152 Å². The van der Waals surface area contributed by atoms with Gasteiger partial charge in [-0.15, -0.1) is 0 Å². The molecule has 11 rings (SSSR count). The second-order valence-corrected chi connectivity index (χ2v) is 13.9. The fourth-order valence-electron chi connectivity index (χ4n) is 8.57. The second-order valence-electron chi connectivity index (χ2n) is 13.9. The maximum Gasteiger partial charge on any atom is 0.145 e. The van der Waals surface area contributed by atoms with Crippen molar-refractivity contribution in [2.24, 2.45) is 0 Å². The molecule has 0 fully saturated rings. The molecule has 9 aromatic carbocycles. The standard InChI is InChI=1S/C51H33N3/c1-2-14-37(15-3-1)54-48-25-13-10-22-45(48)52-51(54)36-28-26-34(27-29-36)49-41-18-4-6-20-43(41)50(44-21-7-5-19-42(44)49)35-30-32-38(33-31-35)53-46-23-11-8-16-39(46)40-17-9-12-24-47(40)53/h1-33H. The van der Waals surface area contributed by atoms with Crippen LogP contribution in [0.3, 0.4) is 0 Å². The molecule has 0 radical (unpaired) electrons. The number of aromatic nitrogens is 3. The van der Waals surface area contributed by atoms with Crippen LogP contribution in [0.4, 0.5) is 0 Å². The molecule has 3 nitrogen and oxygen atoms in total. The summed E-state index contributed by atoms with van der Waals surface area (Å²) in [5, 5.41) is 7.50. The largest absolute Gasteiger partial charge is 0.309 e. The fourth-order valence-corrected chi connectivity index (χ4v) is 8.57. The van der Waals surface area contributed by atoms with Crippen LogP contribution in [-0.4, -0.2) is 14.1 Å². The molecule has 0 saturated carbocycles. The maximum absolute atomic E-state index is 5.12. The van der Waals surface area contributed by atoms with Crippen LogP contribution in [0, 0.1) is 0 Å². The molecule has 0 amide bonds. The van der Waals surface area contributed by atoms with Crippen LogP contribution in [0.25, 0.3) is 99.4 Å². The Hall–Kier alpha value is -7.23. The van der Waals surface area contributed by atoms with Crippen molar-refractivity contribution in [1.29, 1.82) is 0 Å². The van der Waals surface area contributed by atoms with Crippen molar-refractivity contribution in [3.05, 3.63) is 200 Å². The van der Waals surface area contributed by atoms with Crippen molar-refractivity contribution >= 4 is 54.4 Å². The summed E-state index contributed by atoms with van der Waals surface area (Å²) in [5.41, 5.74) is 12.7. The van der Waals surface area contributed by atoms with Gasteiger partial charge in [0.15, 0.2) is 0 Å². The van der Waals surface area contributed by atoms with Crippen molar-refractivity contribution in [2.75, 3.05) is 0 Å². The number of nitrogens with zero attached hydrogens (tertiary/aromatic N) is 3. The number of hydrogen-bond acceptors (Lipinski definition) is 1. The van der Waals surface area contributed by atoms with Crippen LogP contribution in [0.1, 0.15) is 0 Å². The van der Waals surface area contributed by atoms with Crippen LogP contribution in [0.5, 0.6) is 0 Å². The van der Waals surface area contributed by atoms with E-state index in [0.29, 0.717) is 0 Å². The van der Waals surface area contributed by atoms with E-state index in [4.69, 9.17) is 4.98 Å². The summed E-state index contributed by atoms with van der Waals surface area (Å²) in [4.78, 5) is 5.12. The monoisotopic (exact) mass is 687 g/mol. The topological polar surface area (TPSA) is 22.8 Å². The molecular weight excluding hydrogens is 655 g/mol. The van der Waals surface area contributed by atoms with Crippen LogP contribution in [-0.2, 0) is 0 Å². The Kier molecular flexibility index (Phi) is 6.86. The van der Waals surface area contributed by atoms with Crippen molar-refractivity contribution in [3.8, 4) is 45.0 Å². The second kappa shape index (κ2) is 12.2. The molecule has 54 heavy (non-hydrogen) atoms. The molecule has 11 aromatic rings. The van der Waals surface area contributed by atoms with E-state index in [1.165, 1.54) is 65.6 Å². The quantitative estimate of drug-likeness (QED) is 0.165. The molecule has 0 atom stereocenters. The van der Waals surface area contributed by atoms with Gasteiger partial charge in [0.25, 0.3) is 0 Å². The van der Waals surface area contributed by atoms with Gasteiger partial charge in [0.2, 0.25) is 0 Å². The highest BCUT2D eigenvalue weighted by Crippen LogP contribution is 2.44. The van der Waals surface area contributed by atoms with E-state index >= 15 is 0 Å². The van der Waals surface area contributed by atoms with E-state index in [1.54, 1.807) is 0 Å². The molecule has 0 saturated heterocycles. The van der Waals surface area contributed by atoms with E-state index in [0.717, 1.165) is 33.8 Å². The number of hydrogen-bond donors (Lipinski definition) is 0. The summed E-state index contributed by atoms with van der Waals surface area (Å²) in [7, 11) is 0. The number of imidazole rings is 1. The Balaban J connectivity index is 1.06. The van der Waals surface area contributed by atoms with Gasteiger partial charge in [0.05, 0.1) is 22.1 Å². The molecule has 0 bridgehead atoms. The zero-order valence-corrected chi connectivity index (χ0v) is 29.4. The predicted molar refractivity (Wildman–Crippen MR) is 227 cm³/mol. The summed E-state index contributed by atoms with van der Waals surface area (Å²) in [5.74, 6) is 0.934. The van der Waals surface area contributed by atoms with Gasteiger partial charge in [-0.2, -0.15) is 0 Å². The Morgan fingerprint density at radius 2 is 0.667 bits per heavy atom. The third kappa shape index (κ3) is 4.65. The molecule has 0 spiro atoms. The Morgan fingerprint density at radius 3 is 1.20 bits per heavy atom. The minimum Gasteiger partial charge on any atom is -0.309 e. The summed E-state index contributed by atoms with van der Waals surface area (Å²) >= 11 is 0. The predicted octanol–water partition coefficient (Wildman–Crippen LogP) is 13.4. The van der Waals surface area contributed by atoms with Gasteiger partial charge in [-0.05, 0) is 92.3 Å². The molecule has 252 valence electrons. The highest BCUT2D eigenvalue weighted by Gasteiger charge is 2.19. The molecule has 0 N–H and O–H groups in total. The number of para-hydroxylation sites is 5. The smallest absolute Gasteiger partial charge is 0.145 e. The average molecular weight is 688 g/mol. The first-order valence-electron chi connectivity index (χ1n) is 18.5. The summed E-state index contributed by atoms with van der Waals surface area (Å²) in [6.07, 6.45) is 0. The first-order valence-corrected chi connectivity index (χ1v) is 18.5. The third-order valence-electron chi connectivity index (χ3n) is 10.9. The molecule has 0 aliphatic rings. The van der Waals surface area contributed by atoms with Crippen LogP contribution < -0.4 is 0 Å². The molecule has 2 heterocycles. The van der Waals surface area contributed by atoms with Gasteiger partial charge in [-0.3, -0.25) is 4.57 Å².